The molecule has 256 valence electrons. The fourth-order valence-electron chi connectivity index (χ4n) is 11.1. The Kier molecular flexibility index (Phi) is 10.2. The number of ether oxygens (including phenoxy) is 4. The fraction of sp³-hybridized carbons (Fsp3) is 1.00. The first-order chi connectivity index (χ1) is 20.6. The number of fused-ring (bicyclic) bond motifs is 5. The second kappa shape index (κ2) is 12.9. The van der Waals surface area contributed by atoms with Gasteiger partial charge in [0.25, 0.3) is 0 Å². The molecule has 0 radical (unpaired) electrons. The highest BCUT2D eigenvalue weighted by atomic mass is 16.7. The van der Waals surface area contributed by atoms with Gasteiger partial charge in [-0.25, -0.2) is 0 Å². The quantitative estimate of drug-likeness (QED) is 0.209. The van der Waals surface area contributed by atoms with Gasteiger partial charge in [-0.1, -0.05) is 34.6 Å². The van der Waals surface area contributed by atoms with Gasteiger partial charge < -0.3 is 49.6 Å². The minimum Gasteiger partial charge on any atom is -0.393 e. The Labute approximate surface area is 263 Å². The van der Waals surface area contributed by atoms with E-state index in [1.807, 2.05) is 13.8 Å². The largest absolute Gasteiger partial charge is 0.393 e. The van der Waals surface area contributed by atoms with Crippen LogP contribution in [0.5, 0.6) is 0 Å². The summed E-state index contributed by atoms with van der Waals surface area (Å²) in [6.07, 6.45) is -1.79. The Balaban J connectivity index is 1.33. The van der Waals surface area contributed by atoms with Crippen LogP contribution in [0.15, 0.2) is 0 Å². The third kappa shape index (κ3) is 5.61. The maximum Gasteiger partial charge on any atom is 0.186 e. The summed E-state index contributed by atoms with van der Waals surface area (Å²) in [4.78, 5) is 0. The molecule has 6 N–H and O–H groups in total. The topological polar surface area (TPSA) is 158 Å². The minimum absolute atomic E-state index is 0.0983. The Morgan fingerprint density at radius 1 is 0.864 bits per heavy atom. The zero-order chi connectivity index (χ0) is 32.4. The normalized spacial score (nSPS) is 52.2. The lowest BCUT2D eigenvalue weighted by atomic mass is 9.41. The molecular weight excluding hydrogens is 568 g/mol. The fourth-order valence-corrected chi connectivity index (χ4v) is 11.1. The lowest BCUT2D eigenvalue weighted by Gasteiger charge is -2.66. The van der Waals surface area contributed by atoms with Gasteiger partial charge in [-0.05, 0) is 79.4 Å². The first-order valence-corrected chi connectivity index (χ1v) is 17.1. The number of aliphatic hydroxyl groups excluding tert-OH is 5. The van der Waals surface area contributed by atoms with Gasteiger partial charge in [0.1, 0.15) is 18.3 Å². The SMILES string of the molecule is COC1COC(O[C@H]2CC[C@]3(C)C4CC[C@]5(C)[C@@H]([C@H](C)CC[C@H](O)C(C)C)C[C@@H](O)[C@H]5C4(O)C[C@@H](O)[C@H]3[C@H]2O)C(OC)C1O. The molecule has 1 saturated heterocycles. The Bertz CT molecular complexity index is 982. The Morgan fingerprint density at radius 3 is 2.18 bits per heavy atom. The van der Waals surface area contributed by atoms with E-state index in [1.54, 1.807) is 0 Å². The third-order valence-corrected chi connectivity index (χ3v) is 13.4. The highest BCUT2D eigenvalue weighted by Gasteiger charge is 2.72. The van der Waals surface area contributed by atoms with Crippen LogP contribution in [0, 0.1) is 46.3 Å². The molecule has 1 aliphatic heterocycles. The summed E-state index contributed by atoms with van der Waals surface area (Å²) in [5, 5.41) is 68.9. The lowest BCUT2D eigenvalue weighted by molar-refractivity contribution is -0.321. The molecule has 5 rings (SSSR count). The lowest BCUT2D eigenvalue weighted by Crippen LogP contribution is -2.71. The third-order valence-electron chi connectivity index (χ3n) is 13.4. The highest BCUT2D eigenvalue weighted by molar-refractivity contribution is 5.21. The molecule has 10 nitrogen and oxygen atoms in total. The van der Waals surface area contributed by atoms with Crippen LogP contribution < -0.4 is 0 Å². The maximum absolute atomic E-state index is 12.7. The van der Waals surface area contributed by atoms with Gasteiger partial charge in [0.15, 0.2) is 6.29 Å². The van der Waals surface area contributed by atoms with Crippen molar-refractivity contribution in [2.24, 2.45) is 46.3 Å². The predicted octanol–water partition coefficient (Wildman–Crippen LogP) is 2.24. The van der Waals surface area contributed by atoms with Gasteiger partial charge in [0, 0.05) is 32.5 Å². The van der Waals surface area contributed by atoms with E-state index in [-0.39, 0.29) is 54.1 Å². The molecule has 0 bridgehead atoms. The van der Waals surface area contributed by atoms with E-state index in [1.165, 1.54) is 14.2 Å². The van der Waals surface area contributed by atoms with E-state index in [9.17, 15) is 30.6 Å². The van der Waals surface area contributed by atoms with Crippen molar-refractivity contribution in [3.05, 3.63) is 0 Å². The summed E-state index contributed by atoms with van der Waals surface area (Å²) in [5.41, 5.74) is -2.11. The van der Waals surface area contributed by atoms with Crippen molar-refractivity contribution in [2.75, 3.05) is 20.8 Å². The summed E-state index contributed by atoms with van der Waals surface area (Å²) in [7, 11) is 2.97. The van der Waals surface area contributed by atoms with Gasteiger partial charge in [-0.3, -0.25) is 0 Å². The molecule has 5 fully saturated rings. The van der Waals surface area contributed by atoms with Crippen LogP contribution in [0.25, 0.3) is 0 Å². The van der Waals surface area contributed by atoms with Crippen molar-refractivity contribution in [3.8, 4) is 0 Å². The molecule has 17 atom stereocenters. The molecule has 0 amide bonds. The van der Waals surface area contributed by atoms with Gasteiger partial charge in [-0.2, -0.15) is 0 Å². The van der Waals surface area contributed by atoms with E-state index in [2.05, 4.69) is 20.8 Å². The van der Waals surface area contributed by atoms with E-state index < -0.39 is 66.0 Å². The summed E-state index contributed by atoms with van der Waals surface area (Å²) < 4.78 is 22.9. The monoisotopic (exact) mass is 628 g/mol. The molecule has 10 heteroatoms. The maximum atomic E-state index is 12.7. The zero-order valence-electron chi connectivity index (χ0n) is 27.8. The molecule has 0 aromatic heterocycles. The molecule has 5 aliphatic rings. The van der Waals surface area contributed by atoms with E-state index >= 15 is 0 Å². The molecule has 6 unspecified atom stereocenters. The summed E-state index contributed by atoms with van der Waals surface area (Å²) in [6, 6.07) is 0. The standard InChI is InChI=1S/C34H60O10/c1-17(2)20(35)9-8-18(3)19-14-21(36)30-32(19,4)13-11-25-33(5)12-10-23(27(38)26(33)22(37)15-34(25,30)40)44-31-29(42-7)28(39)24(41-6)16-43-31/h17-31,35-40H,8-16H2,1-7H3/t18-,19-,20+,21-,22-,23+,24?,25?,26+,27+,28?,29?,30-,31?,32-,33-,34?/m1/s1. The number of rotatable bonds is 9. The van der Waals surface area contributed by atoms with Crippen molar-refractivity contribution in [1.82, 2.24) is 0 Å². The van der Waals surface area contributed by atoms with Crippen molar-refractivity contribution in [3.63, 3.8) is 0 Å². The summed E-state index contributed by atoms with van der Waals surface area (Å²) in [6.45, 7) is 10.7. The first-order valence-electron chi connectivity index (χ1n) is 17.1. The number of hydrogen-bond donors (Lipinski definition) is 6. The van der Waals surface area contributed by atoms with Crippen LogP contribution in [0.3, 0.4) is 0 Å². The summed E-state index contributed by atoms with van der Waals surface area (Å²) >= 11 is 0. The van der Waals surface area contributed by atoms with Crippen molar-refractivity contribution in [2.45, 2.75) is 147 Å². The smallest absolute Gasteiger partial charge is 0.186 e. The first kappa shape index (κ1) is 34.9. The molecule has 0 aromatic rings. The summed E-state index contributed by atoms with van der Waals surface area (Å²) in [5.74, 6) is -0.386. The van der Waals surface area contributed by atoms with Gasteiger partial charge in [-0.15, -0.1) is 0 Å². The zero-order valence-corrected chi connectivity index (χ0v) is 27.8. The second-order valence-electron chi connectivity index (χ2n) is 16.0. The van der Waals surface area contributed by atoms with Gasteiger partial charge in [0.05, 0.1) is 42.7 Å². The van der Waals surface area contributed by atoms with Crippen LogP contribution in [0.4, 0.5) is 0 Å². The van der Waals surface area contributed by atoms with Gasteiger partial charge >= 0.3 is 0 Å². The van der Waals surface area contributed by atoms with Crippen LogP contribution >= 0.6 is 0 Å². The highest BCUT2D eigenvalue weighted by Crippen LogP contribution is 2.70. The van der Waals surface area contributed by atoms with Gasteiger partial charge in [0.2, 0.25) is 0 Å². The second-order valence-corrected chi connectivity index (χ2v) is 16.0. The van der Waals surface area contributed by atoms with Crippen LogP contribution in [0.2, 0.25) is 0 Å². The van der Waals surface area contributed by atoms with Crippen LogP contribution in [-0.2, 0) is 18.9 Å². The van der Waals surface area contributed by atoms with Crippen LogP contribution in [-0.4, -0.2) is 112 Å². The average Bonchev–Trinajstić information content (AvgIpc) is 3.24. The van der Waals surface area contributed by atoms with Crippen molar-refractivity contribution >= 4 is 0 Å². The molecule has 4 saturated carbocycles. The van der Waals surface area contributed by atoms with Crippen molar-refractivity contribution < 1.29 is 49.6 Å². The molecular formula is C34H60O10. The minimum atomic E-state index is -1.26. The number of hydrogen-bond acceptors (Lipinski definition) is 10. The number of methoxy groups -OCH3 is 2. The molecule has 44 heavy (non-hydrogen) atoms. The number of aliphatic hydroxyl groups is 6. The average molecular weight is 629 g/mol. The molecule has 0 aromatic carbocycles. The van der Waals surface area contributed by atoms with Crippen LogP contribution in [0.1, 0.15) is 86.0 Å². The Hall–Kier alpha value is -0.400. The van der Waals surface area contributed by atoms with E-state index in [4.69, 9.17) is 18.9 Å². The molecule has 4 aliphatic carbocycles. The van der Waals surface area contributed by atoms with Crippen molar-refractivity contribution in [1.29, 1.82) is 0 Å². The van der Waals surface area contributed by atoms with E-state index in [0.717, 1.165) is 25.7 Å². The predicted molar refractivity (Wildman–Crippen MR) is 162 cm³/mol. The Morgan fingerprint density at radius 2 is 1.55 bits per heavy atom. The van der Waals surface area contributed by atoms with E-state index in [0.29, 0.717) is 19.3 Å². The molecule has 0 spiro atoms. The molecule has 1 heterocycles.